The number of rotatable bonds is 8. The van der Waals surface area contributed by atoms with Crippen molar-refractivity contribution in [2.75, 3.05) is 32.8 Å². The molecule has 0 aromatic rings. The quantitative estimate of drug-likeness (QED) is 0.515. The lowest BCUT2D eigenvalue weighted by molar-refractivity contribution is -0.143. The molecule has 4 N–H and O–H groups in total. The zero-order chi connectivity index (χ0) is 15.2. The molecule has 0 aromatic heterocycles. The molecule has 0 saturated carbocycles. The van der Waals surface area contributed by atoms with Gasteiger partial charge in [0.15, 0.2) is 0 Å². The molecule has 7 heteroatoms. The van der Waals surface area contributed by atoms with Crippen LogP contribution in [0.3, 0.4) is 0 Å². The first-order valence-electron chi connectivity index (χ1n) is 6.96. The molecule has 1 amide bonds. The summed E-state index contributed by atoms with van der Waals surface area (Å²) in [5, 5.41) is 11.8. The summed E-state index contributed by atoms with van der Waals surface area (Å²) >= 11 is 0. The Hall–Kier alpha value is -1.18. The average molecular weight is 287 g/mol. The van der Waals surface area contributed by atoms with E-state index in [1.807, 2.05) is 13.8 Å². The van der Waals surface area contributed by atoms with E-state index in [1.54, 1.807) is 4.90 Å². The summed E-state index contributed by atoms with van der Waals surface area (Å²) in [6.45, 7) is 6.05. The molecule has 1 fully saturated rings. The van der Waals surface area contributed by atoms with Crippen LogP contribution in [0.1, 0.15) is 26.7 Å². The van der Waals surface area contributed by atoms with E-state index in [1.165, 1.54) is 0 Å². The fraction of sp³-hybridized carbons (Fsp3) is 0.846. The third-order valence-electron chi connectivity index (χ3n) is 3.27. The number of carboxylic acids is 1. The summed E-state index contributed by atoms with van der Waals surface area (Å²) < 4.78 is 5.37. The molecule has 1 unspecified atom stereocenters. The van der Waals surface area contributed by atoms with Gasteiger partial charge in [0.25, 0.3) is 0 Å². The van der Waals surface area contributed by atoms with Crippen LogP contribution in [0.15, 0.2) is 0 Å². The van der Waals surface area contributed by atoms with Gasteiger partial charge in [-0.05, 0) is 26.7 Å². The number of amides is 1. The van der Waals surface area contributed by atoms with E-state index in [0.29, 0.717) is 26.1 Å². The van der Waals surface area contributed by atoms with Crippen LogP contribution in [0.25, 0.3) is 0 Å². The van der Waals surface area contributed by atoms with Crippen LogP contribution in [0, 0.1) is 0 Å². The van der Waals surface area contributed by atoms with Gasteiger partial charge in [0.2, 0.25) is 5.91 Å². The van der Waals surface area contributed by atoms with Crippen molar-refractivity contribution in [1.29, 1.82) is 0 Å². The maximum atomic E-state index is 11.7. The van der Waals surface area contributed by atoms with Gasteiger partial charge in [0, 0.05) is 26.2 Å². The van der Waals surface area contributed by atoms with Gasteiger partial charge in [-0.25, -0.2) is 0 Å². The Bertz CT molecular complexity index is 349. The van der Waals surface area contributed by atoms with Gasteiger partial charge in [0.05, 0.1) is 12.6 Å². The standard InChI is InChI=1S/C13H25N3O4/c1-10(2)20-7-3-5-15-11(17)8-16-6-4-13(14,9-16)12(18)19/h10H,3-9,14H2,1-2H3,(H,15,17)(H,18,19). The Balaban J connectivity index is 2.16. The van der Waals surface area contributed by atoms with Crippen LogP contribution < -0.4 is 11.1 Å². The highest BCUT2D eigenvalue weighted by Crippen LogP contribution is 2.18. The van der Waals surface area contributed by atoms with Crippen molar-refractivity contribution in [2.24, 2.45) is 5.73 Å². The predicted molar refractivity (Wildman–Crippen MR) is 74.3 cm³/mol. The number of aliphatic carboxylic acids is 1. The van der Waals surface area contributed by atoms with E-state index in [0.717, 1.165) is 6.42 Å². The second-order valence-electron chi connectivity index (χ2n) is 5.54. The highest BCUT2D eigenvalue weighted by molar-refractivity contribution is 5.80. The molecular formula is C13H25N3O4. The van der Waals surface area contributed by atoms with Crippen LogP contribution in [-0.2, 0) is 14.3 Å². The molecule has 1 saturated heterocycles. The largest absolute Gasteiger partial charge is 0.480 e. The van der Waals surface area contributed by atoms with Crippen molar-refractivity contribution in [2.45, 2.75) is 38.3 Å². The fourth-order valence-electron chi connectivity index (χ4n) is 2.10. The van der Waals surface area contributed by atoms with Crippen molar-refractivity contribution in [3.8, 4) is 0 Å². The fourth-order valence-corrected chi connectivity index (χ4v) is 2.10. The molecule has 0 bridgehead atoms. The zero-order valence-electron chi connectivity index (χ0n) is 12.2. The number of hydrogen-bond donors (Lipinski definition) is 3. The van der Waals surface area contributed by atoms with Gasteiger partial charge in [-0.2, -0.15) is 0 Å². The molecule has 0 radical (unpaired) electrons. The lowest BCUT2D eigenvalue weighted by Gasteiger charge is -2.19. The van der Waals surface area contributed by atoms with E-state index < -0.39 is 11.5 Å². The Morgan fingerprint density at radius 3 is 2.75 bits per heavy atom. The number of carboxylic acid groups (broad SMARTS) is 1. The minimum absolute atomic E-state index is 0.107. The van der Waals surface area contributed by atoms with Crippen molar-refractivity contribution in [3.63, 3.8) is 0 Å². The molecule has 116 valence electrons. The van der Waals surface area contributed by atoms with Crippen molar-refractivity contribution >= 4 is 11.9 Å². The molecule has 1 aliphatic heterocycles. The number of carbonyl (C=O) groups excluding carboxylic acids is 1. The number of likely N-dealkylation sites (tertiary alicyclic amines) is 1. The summed E-state index contributed by atoms with van der Waals surface area (Å²) in [6, 6.07) is 0. The third-order valence-corrected chi connectivity index (χ3v) is 3.27. The zero-order valence-corrected chi connectivity index (χ0v) is 12.2. The first kappa shape index (κ1) is 16.9. The van der Waals surface area contributed by atoms with Crippen LogP contribution in [0.2, 0.25) is 0 Å². The SMILES string of the molecule is CC(C)OCCCNC(=O)CN1CCC(N)(C(=O)O)C1. The van der Waals surface area contributed by atoms with E-state index in [-0.39, 0.29) is 25.1 Å². The number of ether oxygens (including phenoxy) is 1. The molecule has 7 nitrogen and oxygen atoms in total. The lowest BCUT2D eigenvalue weighted by atomic mass is 10.0. The van der Waals surface area contributed by atoms with E-state index >= 15 is 0 Å². The van der Waals surface area contributed by atoms with Crippen LogP contribution in [0.5, 0.6) is 0 Å². The predicted octanol–water partition coefficient (Wildman–Crippen LogP) is -0.594. The van der Waals surface area contributed by atoms with Gasteiger partial charge >= 0.3 is 5.97 Å². The molecule has 0 aromatic carbocycles. The Labute approximate surface area is 119 Å². The van der Waals surface area contributed by atoms with Gasteiger partial charge < -0.3 is 20.9 Å². The highest BCUT2D eigenvalue weighted by atomic mass is 16.5. The van der Waals surface area contributed by atoms with E-state index in [2.05, 4.69) is 5.32 Å². The molecule has 1 atom stereocenters. The van der Waals surface area contributed by atoms with Crippen molar-refractivity contribution in [1.82, 2.24) is 10.2 Å². The summed E-state index contributed by atoms with van der Waals surface area (Å²) in [5.74, 6) is -1.12. The van der Waals surface area contributed by atoms with Gasteiger partial charge in [-0.3, -0.25) is 14.5 Å². The van der Waals surface area contributed by atoms with Crippen molar-refractivity contribution < 1.29 is 19.4 Å². The maximum Gasteiger partial charge on any atom is 0.325 e. The first-order chi connectivity index (χ1) is 9.33. The second-order valence-corrected chi connectivity index (χ2v) is 5.54. The van der Waals surface area contributed by atoms with Crippen LogP contribution in [0.4, 0.5) is 0 Å². The number of nitrogens with two attached hydrogens (primary N) is 1. The average Bonchev–Trinajstić information content (AvgIpc) is 2.71. The summed E-state index contributed by atoms with van der Waals surface area (Å²) in [4.78, 5) is 24.5. The maximum absolute atomic E-state index is 11.7. The molecule has 1 heterocycles. The molecule has 1 rings (SSSR count). The molecule has 1 aliphatic rings. The van der Waals surface area contributed by atoms with Crippen LogP contribution >= 0.6 is 0 Å². The first-order valence-corrected chi connectivity index (χ1v) is 6.96. The summed E-state index contributed by atoms with van der Waals surface area (Å²) in [5.41, 5.74) is 4.53. The van der Waals surface area contributed by atoms with Crippen LogP contribution in [-0.4, -0.2) is 66.3 Å². The smallest absolute Gasteiger partial charge is 0.325 e. The topological polar surface area (TPSA) is 105 Å². The Morgan fingerprint density at radius 2 is 2.20 bits per heavy atom. The van der Waals surface area contributed by atoms with Gasteiger partial charge in [-0.1, -0.05) is 0 Å². The number of carbonyl (C=O) groups is 2. The second kappa shape index (κ2) is 7.56. The normalized spacial score (nSPS) is 23.2. The number of nitrogens with zero attached hydrogens (tertiary/aromatic N) is 1. The molecular weight excluding hydrogens is 262 g/mol. The molecule has 20 heavy (non-hydrogen) atoms. The van der Waals surface area contributed by atoms with E-state index in [9.17, 15) is 9.59 Å². The Kier molecular flexibility index (Phi) is 6.38. The molecule has 0 aliphatic carbocycles. The highest BCUT2D eigenvalue weighted by Gasteiger charge is 2.41. The van der Waals surface area contributed by atoms with E-state index in [4.69, 9.17) is 15.6 Å². The summed E-state index contributed by atoms with van der Waals surface area (Å²) in [6.07, 6.45) is 1.33. The minimum atomic E-state index is -1.22. The minimum Gasteiger partial charge on any atom is -0.480 e. The Morgan fingerprint density at radius 1 is 1.50 bits per heavy atom. The molecule has 0 spiro atoms. The summed E-state index contributed by atoms with van der Waals surface area (Å²) in [7, 11) is 0. The van der Waals surface area contributed by atoms with Crippen molar-refractivity contribution in [3.05, 3.63) is 0 Å². The third kappa shape index (κ3) is 5.44. The van der Waals surface area contributed by atoms with Gasteiger partial charge in [-0.15, -0.1) is 0 Å². The monoisotopic (exact) mass is 287 g/mol. The number of nitrogens with one attached hydrogen (secondary N) is 1. The van der Waals surface area contributed by atoms with Gasteiger partial charge in [0.1, 0.15) is 5.54 Å². The number of hydrogen-bond acceptors (Lipinski definition) is 5. The lowest BCUT2D eigenvalue weighted by Crippen LogP contribution is -2.50.